The molecular weight excluding hydrogens is 596 g/mol. The van der Waals surface area contributed by atoms with Crippen molar-refractivity contribution in [2.45, 2.75) is 117 Å². The molecule has 11 heteroatoms. The molecule has 2 saturated heterocycles. The molecular formula is C35H48O11. The molecule has 11 nitrogen and oxygen atoms in total. The number of aliphatic hydroxyl groups is 3. The summed E-state index contributed by atoms with van der Waals surface area (Å²) >= 11 is 0. The molecule has 0 amide bonds. The number of epoxide rings is 1. The molecule has 0 radical (unpaired) electrons. The quantitative estimate of drug-likeness (QED) is 0.233. The van der Waals surface area contributed by atoms with Gasteiger partial charge in [-0.15, -0.1) is 0 Å². The minimum atomic E-state index is -1.96. The monoisotopic (exact) mass is 644 g/mol. The Kier molecular flexibility index (Phi) is 6.91. The number of carbonyl (C=O) groups is 4. The third kappa shape index (κ3) is 3.80. The lowest BCUT2D eigenvalue weighted by Gasteiger charge is -2.63. The van der Waals surface area contributed by atoms with Crippen molar-refractivity contribution in [1.82, 2.24) is 0 Å². The van der Waals surface area contributed by atoms with Gasteiger partial charge in [-0.2, -0.15) is 0 Å². The Morgan fingerprint density at radius 3 is 2.33 bits per heavy atom. The van der Waals surface area contributed by atoms with Gasteiger partial charge in [0, 0.05) is 47.8 Å². The van der Waals surface area contributed by atoms with Gasteiger partial charge in [-0.3, -0.25) is 14.4 Å². The van der Waals surface area contributed by atoms with Crippen LogP contribution in [0, 0.1) is 63.6 Å². The van der Waals surface area contributed by atoms with Gasteiger partial charge in [0.15, 0.2) is 11.4 Å². The highest BCUT2D eigenvalue weighted by molar-refractivity contribution is 5.88. The van der Waals surface area contributed by atoms with Gasteiger partial charge in [-0.1, -0.05) is 34.6 Å². The summed E-state index contributed by atoms with van der Waals surface area (Å²) in [4.78, 5) is 53.2. The number of ketones is 1. The molecule has 254 valence electrons. The maximum Gasteiger partial charge on any atom is 0.343 e. The van der Waals surface area contributed by atoms with Crippen LogP contribution in [-0.4, -0.2) is 81.2 Å². The predicted molar refractivity (Wildman–Crippen MR) is 159 cm³/mol. The average Bonchev–Trinajstić information content (AvgIpc) is 3.64. The van der Waals surface area contributed by atoms with E-state index in [9.17, 15) is 34.5 Å². The van der Waals surface area contributed by atoms with Crippen molar-refractivity contribution in [2.75, 3.05) is 0 Å². The highest BCUT2D eigenvalue weighted by atomic mass is 16.6. The second kappa shape index (κ2) is 9.86. The van der Waals surface area contributed by atoms with Gasteiger partial charge >= 0.3 is 17.9 Å². The highest BCUT2D eigenvalue weighted by Crippen LogP contribution is 2.75. The van der Waals surface area contributed by atoms with Gasteiger partial charge in [0.05, 0.1) is 17.6 Å². The Morgan fingerprint density at radius 2 is 1.70 bits per heavy atom. The summed E-state index contributed by atoms with van der Waals surface area (Å²) in [5.74, 6) is -5.82. The number of hydrogen-bond donors (Lipinski definition) is 3. The summed E-state index contributed by atoms with van der Waals surface area (Å²) in [7, 11) is 0. The highest BCUT2D eigenvalue weighted by Gasteiger charge is 2.80. The van der Waals surface area contributed by atoms with Crippen LogP contribution in [0.4, 0.5) is 0 Å². The molecule has 46 heavy (non-hydrogen) atoms. The smallest absolute Gasteiger partial charge is 0.343 e. The first-order valence-electron chi connectivity index (χ1n) is 16.9. The largest absolute Gasteiger partial charge is 0.462 e. The van der Waals surface area contributed by atoms with Crippen molar-refractivity contribution < 1.29 is 53.4 Å². The fourth-order valence-corrected chi connectivity index (χ4v) is 11.9. The normalized spacial score (nSPS) is 54.7. The number of esters is 3. The molecule has 7 aliphatic rings. The zero-order valence-electron chi connectivity index (χ0n) is 27.9. The van der Waals surface area contributed by atoms with Crippen LogP contribution in [0.3, 0.4) is 0 Å². The van der Waals surface area contributed by atoms with Crippen LogP contribution in [0.2, 0.25) is 0 Å². The molecule has 6 fully saturated rings. The summed E-state index contributed by atoms with van der Waals surface area (Å²) in [5.41, 5.74) is -5.22. The zero-order chi connectivity index (χ0) is 33.6. The number of ether oxygens (including phenoxy) is 4. The standard InChI is InChI=1S/C35H48O11/c1-13(2)9-21(37)46-30-29-18(44-29)11-17-26(38)27(39)22-16(32(17,30)5)12-19(43-15(4)36)33(6)23-14(3)10-20-34(7,25(23)28(40)24(22)33)35(8,42)31(41)45-20/h10,13-14,16-19,22-25,27-30,39-40,42H,9,11-12H2,1-8H3/t14-,16+,17?,18+,19+,22-,23+,24-,25+,27-,28-,29+,30+,32-,33-,34+,35-/m1/s1. The van der Waals surface area contributed by atoms with Gasteiger partial charge in [0.25, 0.3) is 0 Å². The third-order valence-corrected chi connectivity index (χ3v) is 14.1. The van der Waals surface area contributed by atoms with Gasteiger partial charge in [0.2, 0.25) is 0 Å². The molecule has 7 rings (SSSR count). The van der Waals surface area contributed by atoms with Crippen LogP contribution >= 0.6 is 0 Å². The number of aliphatic hydroxyl groups excluding tert-OH is 2. The Hall–Kier alpha value is -2.34. The van der Waals surface area contributed by atoms with Crippen molar-refractivity contribution in [1.29, 1.82) is 0 Å². The molecule has 4 saturated carbocycles. The summed E-state index contributed by atoms with van der Waals surface area (Å²) in [5, 5.41) is 36.3. The van der Waals surface area contributed by atoms with Crippen molar-refractivity contribution >= 4 is 23.7 Å². The van der Waals surface area contributed by atoms with Crippen LogP contribution in [0.25, 0.3) is 0 Å². The summed E-state index contributed by atoms with van der Waals surface area (Å²) < 4.78 is 24.0. The average molecular weight is 645 g/mol. The number of Topliss-reactive ketones (excluding diaryl/α,β-unsaturated/α-hetero) is 1. The first kappa shape index (κ1) is 32.2. The first-order valence-corrected chi connectivity index (χ1v) is 16.9. The Bertz CT molecular complexity index is 1420. The Labute approximate surface area is 269 Å². The lowest BCUT2D eigenvalue weighted by atomic mass is 9.42. The number of rotatable bonds is 4. The van der Waals surface area contributed by atoms with E-state index in [0.29, 0.717) is 12.2 Å². The molecule has 5 aliphatic carbocycles. The van der Waals surface area contributed by atoms with Crippen LogP contribution in [0.15, 0.2) is 11.8 Å². The van der Waals surface area contributed by atoms with Crippen LogP contribution in [0.5, 0.6) is 0 Å². The van der Waals surface area contributed by atoms with Crippen molar-refractivity contribution in [3.05, 3.63) is 11.8 Å². The van der Waals surface area contributed by atoms with Gasteiger partial charge in [-0.25, -0.2) is 4.79 Å². The SMILES string of the molecule is CC(=O)O[C@H]1C[C@H]2[C@H]([C@@H]3[C@@H](O)[C@@H]4[C@H]([C@H](C)C=C5OC(=O)[C@@](C)(O)[C@@]54C)[C@]31C)[C@@H](O)C(=O)C1C[C@@H]3O[C@@H]3[C@H](OC(=O)CC(C)C)[C@@]12C. The van der Waals surface area contributed by atoms with E-state index in [1.54, 1.807) is 6.92 Å². The van der Waals surface area contributed by atoms with Crippen molar-refractivity contribution in [3.63, 3.8) is 0 Å². The molecule has 1 unspecified atom stereocenters. The maximum absolute atomic E-state index is 14.3. The minimum Gasteiger partial charge on any atom is -0.462 e. The summed E-state index contributed by atoms with van der Waals surface area (Å²) in [6, 6.07) is 0. The van der Waals surface area contributed by atoms with Gasteiger partial charge in [0.1, 0.15) is 30.2 Å². The number of allylic oxidation sites excluding steroid dienone is 1. The molecule has 2 heterocycles. The van der Waals surface area contributed by atoms with Crippen LogP contribution in [0.1, 0.15) is 74.7 Å². The van der Waals surface area contributed by atoms with E-state index < -0.39 is 93.7 Å². The molecule has 0 spiro atoms. The first-order chi connectivity index (χ1) is 21.3. The maximum atomic E-state index is 14.3. The Morgan fingerprint density at radius 1 is 1.02 bits per heavy atom. The molecule has 0 bridgehead atoms. The molecule has 0 aromatic carbocycles. The van der Waals surface area contributed by atoms with Gasteiger partial charge in [-0.05, 0) is 56.4 Å². The lowest BCUT2D eigenvalue weighted by molar-refractivity contribution is -0.233. The predicted octanol–water partition coefficient (Wildman–Crippen LogP) is 2.33. The van der Waals surface area contributed by atoms with Crippen molar-refractivity contribution in [2.24, 2.45) is 63.6 Å². The third-order valence-electron chi connectivity index (χ3n) is 14.1. The van der Waals surface area contributed by atoms with Gasteiger partial charge < -0.3 is 34.3 Å². The Balaban J connectivity index is 1.39. The zero-order valence-corrected chi connectivity index (χ0v) is 27.9. The molecule has 3 N–H and O–H groups in total. The minimum absolute atomic E-state index is 0.0596. The van der Waals surface area contributed by atoms with E-state index in [1.807, 2.05) is 40.7 Å². The number of carbonyl (C=O) groups excluding carboxylic acids is 4. The fraction of sp³-hybridized carbons (Fsp3) is 0.829. The summed E-state index contributed by atoms with van der Waals surface area (Å²) in [6.45, 7) is 14.2. The summed E-state index contributed by atoms with van der Waals surface area (Å²) in [6.07, 6.45) is -2.11. The van der Waals surface area contributed by atoms with Crippen LogP contribution < -0.4 is 0 Å². The number of hydrogen-bond acceptors (Lipinski definition) is 11. The topological polar surface area (TPSA) is 169 Å². The van der Waals surface area contributed by atoms with E-state index in [-0.39, 0.29) is 48.6 Å². The van der Waals surface area contributed by atoms with E-state index in [1.165, 1.54) is 13.8 Å². The second-order valence-electron chi connectivity index (χ2n) is 16.7. The van der Waals surface area contributed by atoms with E-state index >= 15 is 0 Å². The fourth-order valence-electron chi connectivity index (χ4n) is 11.9. The molecule has 17 atom stereocenters. The molecule has 2 aliphatic heterocycles. The van der Waals surface area contributed by atoms with E-state index in [2.05, 4.69) is 0 Å². The van der Waals surface area contributed by atoms with Crippen molar-refractivity contribution in [3.8, 4) is 0 Å². The van der Waals surface area contributed by atoms with E-state index in [4.69, 9.17) is 18.9 Å². The lowest BCUT2D eigenvalue weighted by Crippen LogP contribution is -2.70. The van der Waals surface area contributed by atoms with E-state index in [0.717, 1.165) is 0 Å². The van der Waals surface area contributed by atoms with Crippen LogP contribution in [-0.2, 0) is 38.1 Å². The second-order valence-corrected chi connectivity index (χ2v) is 16.7. The molecule has 0 aromatic heterocycles. The molecule has 0 aromatic rings. The number of fused-ring (bicyclic) bond motifs is 10.